The van der Waals surface area contributed by atoms with Crippen LogP contribution in [0.15, 0.2) is 12.3 Å². The molecule has 1 saturated carbocycles. The Kier molecular flexibility index (Phi) is 5.63. The lowest BCUT2D eigenvalue weighted by Crippen LogP contribution is -2.29. The van der Waals surface area contributed by atoms with Crippen LogP contribution in [0, 0.1) is 18.8 Å². The van der Waals surface area contributed by atoms with Gasteiger partial charge in [-0.2, -0.15) is 0 Å². The molecule has 0 aromatic carbocycles. The number of nitrogens with one attached hydrogen (secondary N) is 1. The molecule has 2 unspecified atom stereocenters. The Balaban J connectivity index is 2.08. The predicted octanol–water partition coefficient (Wildman–Crippen LogP) is 4.09. The van der Waals surface area contributed by atoms with Crippen molar-refractivity contribution in [1.29, 1.82) is 0 Å². The Hall–Kier alpha value is -1.09. The molecule has 1 aromatic heterocycles. The maximum absolute atomic E-state index is 6.36. The van der Waals surface area contributed by atoms with Crippen LogP contribution in [0.3, 0.4) is 0 Å². The fourth-order valence-corrected chi connectivity index (χ4v) is 3.27. The summed E-state index contributed by atoms with van der Waals surface area (Å²) in [5.74, 6) is 2.54. The Bertz CT molecular complexity index is 449. The summed E-state index contributed by atoms with van der Waals surface area (Å²) in [6.07, 6.45) is 5.97. The fraction of sp³-hybridized carbons (Fsp3) is 0.722. The molecule has 0 saturated heterocycles. The number of pyridine rings is 1. The van der Waals surface area contributed by atoms with E-state index in [1.807, 2.05) is 13.1 Å². The molecule has 2 rings (SSSR count). The quantitative estimate of drug-likeness (QED) is 0.887. The van der Waals surface area contributed by atoms with E-state index in [0.29, 0.717) is 12.1 Å². The molecule has 1 fully saturated rings. The van der Waals surface area contributed by atoms with E-state index in [-0.39, 0.29) is 0 Å². The second-order valence-corrected chi connectivity index (χ2v) is 7.13. The van der Waals surface area contributed by atoms with Gasteiger partial charge in [0.25, 0.3) is 0 Å². The zero-order valence-corrected chi connectivity index (χ0v) is 14.1. The third-order valence-electron chi connectivity index (χ3n) is 4.21. The first-order chi connectivity index (χ1) is 9.94. The van der Waals surface area contributed by atoms with Crippen LogP contribution in [0.4, 0.5) is 0 Å². The molecule has 0 amide bonds. The topological polar surface area (TPSA) is 34.1 Å². The lowest BCUT2D eigenvalue weighted by Gasteiger charge is -2.32. The molecule has 1 N–H and O–H groups in total. The second kappa shape index (κ2) is 7.26. The standard InChI is InChI=1S/C18H30N2O/c1-12(2)19-10-16-11-20-15(5)9-18(16)21-17-7-13(3)6-14(4)8-17/h9,11-14,17,19H,6-8,10H2,1-5H3. The van der Waals surface area contributed by atoms with Crippen molar-refractivity contribution < 1.29 is 4.74 Å². The molecule has 3 nitrogen and oxygen atoms in total. The lowest BCUT2D eigenvalue weighted by molar-refractivity contribution is 0.0997. The summed E-state index contributed by atoms with van der Waals surface area (Å²) in [5.41, 5.74) is 2.19. The van der Waals surface area contributed by atoms with Crippen LogP contribution >= 0.6 is 0 Å². The minimum atomic E-state index is 0.350. The highest BCUT2D eigenvalue weighted by Gasteiger charge is 2.25. The van der Waals surface area contributed by atoms with Gasteiger partial charge < -0.3 is 10.1 Å². The van der Waals surface area contributed by atoms with Crippen LogP contribution in [0.1, 0.15) is 58.2 Å². The number of hydrogen-bond acceptors (Lipinski definition) is 3. The first-order valence-electron chi connectivity index (χ1n) is 8.29. The predicted molar refractivity (Wildman–Crippen MR) is 87.5 cm³/mol. The SMILES string of the molecule is Cc1cc(OC2CC(C)CC(C)C2)c(CNC(C)C)cn1. The number of ether oxygens (including phenoxy) is 1. The highest BCUT2D eigenvalue weighted by atomic mass is 16.5. The van der Waals surface area contributed by atoms with Crippen molar-refractivity contribution >= 4 is 0 Å². The number of rotatable bonds is 5. The van der Waals surface area contributed by atoms with Crippen molar-refractivity contribution in [2.45, 2.75) is 72.6 Å². The van der Waals surface area contributed by atoms with Gasteiger partial charge >= 0.3 is 0 Å². The molecule has 3 heteroatoms. The molecular formula is C18H30N2O. The van der Waals surface area contributed by atoms with Crippen LogP contribution in [-0.2, 0) is 6.54 Å². The number of nitrogens with zero attached hydrogens (tertiary/aromatic N) is 1. The first-order valence-corrected chi connectivity index (χ1v) is 8.29. The van der Waals surface area contributed by atoms with Crippen LogP contribution in [0.5, 0.6) is 5.75 Å². The molecule has 118 valence electrons. The van der Waals surface area contributed by atoms with Gasteiger partial charge in [-0.1, -0.05) is 27.7 Å². The van der Waals surface area contributed by atoms with Crippen molar-refractivity contribution in [3.63, 3.8) is 0 Å². The summed E-state index contributed by atoms with van der Waals surface area (Å²) >= 11 is 0. The highest BCUT2D eigenvalue weighted by Crippen LogP contribution is 2.32. The van der Waals surface area contributed by atoms with Crippen molar-refractivity contribution in [1.82, 2.24) is 10.3 Å². The third-order valence-corrected chi connectivity index (χ3v) is 4.21. The molecule has 0 spiro atoms. The minimum Gasteiger partial charge on any atom is -0.490 e. The molecule has 0 bridgehead atoms. The van der Waals surface area contributed by atoms with Crippen LogP contribution in [0.2, 0.25) is 0 Å². The van der Waals surface area contributed by atoms with Gasteiger partial charge in [-0.05, 0) is 38.0 Å². The maximum atomic E-state index is 6.36. The van der Waals surface area contributed by atoms with Crippen molar-refractivity contribution in [2.24, 2.45) is 11.8 Å². The molecule has 0 radical (unpaired) electrons. The average molecular weight is 290 g/mol. The van der Waals surface area contributed by atoms with Crippen LogP contribution < -0.4 is 10.1 Å². The number of aryl methyl sites for hydroxylation is 1. The van der Waals surface area contributed by atoms with E-state index in [0.717, 1.165) is 29.8 Å². The van der Waals surface area contributed by atoms with E-state index in [4.69, 9.17) is 4.74 Å². The molecular weight excluding hydrogens is 260 g/mol. The van der Waals surface area contributed by atoms with Gasteiger partial charge in [0, 0.05) is 36.1 Å². The van der Waals surface area contributed by atoms with Gasteiger partial charge in [-0.15, -0.1) is 0 Å². The lowest BCUT2D eigenvalue weighted by atomic mass is 9.82. The normalized spacial score (nSPS) is 26.1. The molecule has 1 aromatic rings. The molecule has 1 heterocycles. The van der Waals surface area contributed by atoms with Crippen molar-refractivity contribution in [3.8, 4) is 5.75 Å². The Morgan fingerprint density at radius 2 is 1.90 bits per heavy atom. The molecule has 0 aliphatic heterocycles. The van der Waals surface area contributed by atoms with E-state index in [1.165, 1.54) is 24.8 Å². The Morgan fingerprint density at radius 1 is 1.24 bits per heavy atom. The monoisotopic (exact) mass is 290 g/mol. The third kappa shape index (κ3) is 4.99. The fourth-order valence-electron chi connectivity index (χ4n) is 3.27. The van der Waals surface area contributed by atoms with Gasteiger partial charge in [-0.25, -0.2) is 0 Å². The maximum Gasteiger partial charge on any atom is 0.127 e. The van der Waals surface area contributed by atoms with Gasteiger partial charge in [0.05, 0.1) is 6.10 Å². The van der Waals surface area contributed by atoms with E-state index in [2.05, 4.69) is 44.1 Å². The number of hydrogen-bond donors (Lipinski definition) is 1. The van der Waals surface area contributed by atoms with Crippen LogP contribution in [-0.4, -0.2) is 17.1 Å². The molecule has 1 aliphatic carbocycles. The van der Waals surface area contributed by atoms with E-state index < -0.39 is 0 Å². The van der Waals surface area contributed by atoms with Gasteiger partial charge in [-0.3, -0.25) is 4.98 Å². The minimum absolute atomic E-state index is 0.350. The molecule has 21 heavy (non-hydrogen) atoms. The van der Waals surface area contributed by atoms with Crippen molar-refractivity contribution in [3.05, 3.63) is 23.5 Å². The first kappa shape index (κ1) is 16.3. The van der Waals surface area contributed by atoms with Gasteiger partial charge in [0.15, 0.2) is 0 Å². The highest BCUT2D eigenvalue weighted by molar-refractivity contribution is 5.33. The second-order valence-electron chi connectivity index (χ2n) is 7.13. The van der Waals surface area contributed by atoms with E-state index >= 15 is 0 Å². The van der Waals surface area contributed by atoms with E-state index in [1.54, 1.807) is 0 Å². The van der Waals surface area contributed by atoms with E-state index in [9.17, 15) is 0 Å². The average Bonchev–Trinajstić information content (AvgIpc) is 2.36. The summed E-state index contributed by atoms with van der Waals surface area (Å²) in [4.78, 5) is 4.42. The summed E-state index contributed by atoms with van der Waals surface area (Å²) in [7, 11) is 0. The Morgan fingerprint density at radius 3 is 2.52 bits per heavy atom. The van der Waals surface area contributed by atoms with Crippen molar-refractivity contribution in [2.75, 3.05) is 0 Å². The zero-order chi connectivity index (χ0) is 15.4. The summed E-state index contributed by atoms with van der Waals surface area (Å²) in [5, 5.41) is 3.46. The molecule has 2 atom stereocenters. The summed E-state index contributed by atoms with van der Waals surface area (Å²) in [6, 6.07) is 2.55. The van der Waals surface area contributed by atoms with Gasteiger partial charge in [0.1, 0.15) is 5.75 Å². The number of aromatic nitrogens is 1. The Labute approximate surface area is 129 Å². The molecule has 1 aliphatic rings. The van der Waals surface area contributed by atoms with Gasteiger partial charge in [0.2, 0.25) is 0 Å². The summed E-state index contributed by atoms with van der Waals surface area (Å²) in [6.45, 7) is 11.8. The summed E-state index contributed by atoms with van der Waals surface area (Å²) < 4.78 is 6.36. The van der Waals surface area contributed by atoms with Crippen LogP contribution in [0.25, 0.3) is 0 Å². The smallest absolute Gasteiger partial charge is 0.127 e. The largest absolute Gasteiger partial charge is 0.490 e. The zero-order valence-electron chi connectivity index (χ0n) is 14.1.